The maximum Gasteiger partial charge on any atom is 0.335 e. The molecule has 106 valence electrons. The molecular weight excluding hydrogens is 311 g/mol. The fourth-order valence-electron chi connectivity index (χ4n) is 2.16. The number of hydrogen-bond donors (Lipinski definition) is 1. The van der Waals surface area contributed by atoms with Gasteiger partial charge in [0.05, 0.1) is 27.3 Å². The number of halogens is 2. The number of aromatic carboxylic acids is 1. The number of imidazole rings is 1. The zero-order valence-corrected chi connectivity index (χ0v) is 12.5. The van der Waals surface area contributed by atoms with E-state index in [9.17, 15) is 4.79 Å². The number of rotatable bonds is 2. The van der Waals surface area contributed by atoms with Crippen LogP contribution in [0.5, 0.6) is 0 Å². The van der Waals surface area contributed by atoms with Crippen LogP contribution in [0.15, 0.2) is 36.7 Å². The van der Waals surface area contributed by atoms with Crippen molar-refractivity contribution in [2.45, 2.75) is 6.92 Å². The molecule has 0 aliphatic heterocycles. The molecule has 0 unspecified atom stereocenters. The van der Waals surface area contributed by atoms with E-state index >= 15 is 0 Å². The van der Waals surface area contributed by atoms with Gasteiger partial charge in [-0.1, -0.05) is 23.2 Å². The molecule has 6 heteroatoms. The second-order valence-corrected chi connectivity index (χ2v) is 5.49. The Hall–Kier alpha value is -2.04. The number of hydrogen-bond acceptors (Lipinski definition) is 2. The van der Waals surface area contributed by atoms with Gasteiger partial charge in [0.25, 0.3) is 0 Å². The Balaban J connectivity index is 2.22. The Bertz CT molecular complexity index is 871. The van der Waals surface area contributed by atoms with E-state index in [-0.39, 0.29) is 5.56 Å². The maximum absolute atomic E-state index is 11.0. The molecule has 0 saturated carbocycles. The minimum atomic E-state index is -0.983. The van der Waals surface area contributed by atoms with Crippen LogP contribution in [-0.4, -0.2) is 20.6 Å². The van der Waals surface area contributed by atoms with Crippen molar-refractivity contribution < 1.29 is 9.90 Å². The van der Waals surface area contributed by atoms with Crippen LogP contribution >= 0.6 is 23.2 Å². The topological polar surface area (TPSA) is 55.1 Å². The van der Waals surface area contributed by atoms with Gasteiger partial charge in [-0.25, -0.2) is 9.78 Å². The quantitative estimate of drug-likeness (QED) is 0.764. The Morgan fingerprint density at radius 3 is 2.67 bits per heavy atom. The molecule has 0 bridgehead atoms. The van der Waals surface area contributed by atoms with Gasteiger partial charge in [0.1, 0.15) is 6.33 Å². The zero-order chi connectivity index (χ0) is 15.1. The second kappa shape index (κ2) is 5.06. The maximum atomic E-state index is 11.0. The Morgan fingerprint density at radius 2 is 1.95 bits per heavy atom. The van der Waals surface area contributed by atoms with Crippen molar-refractivity contribution in [3.63, 3.8) is 0 Å². The number of nitrogens with zero attached hydrogens (tertiary/aromatic N) is 2. The van der Waals surface area contributed by atoms with Crippen LogP contribution < -0.4 is 0 Å². The highest BCUT2D eigenvalue weighted by Gasteiger charge is 2.12. The fraction of sp³-hybridized carbons (Fsp3) is 0.0667. The lowest BCUT2D eigenvalue weighted by molar-refractivity contribution is 0.0697. The molecule has 0 atom stereocenters. The van der Waals surface area contributed by atoms with E-state index in [1.165, 1.54) is 12.1 Å². The summed E-state index contributed by atoms with van der Waals surface area (Å²) in [4.78, 5) is 15.2. The largest absolute Gasteiger partial charge is 0.478 e. The summed E-state index contributed by atoms with van der Waals surface area (Å²) in [6.45, 7) is 1.88. The molecule has 0 aliphatic rings. The van der Waals surface area contributed by atoms with Gasteiger partial charge in [0.15, 0.2) is 0 Å². The molecule has 1 heterocycles. The minimum Gasteiger partial charge on any atom is -0.478 e. The molecule has 0 aliphatic carbocycles. The summed E-state index contributed by atoms with van der Waals surface area (Å²) in [5, 5.41) is 10.2. The van der Waals surface area contributed by atoms with E-state index in [0.29, 0.717) is 21.2 Å². The average Bonchev–Trinajstić information content (AvgIpc) is 2.85. The Labute approximate surface area is 130 Å². The van der Waals surface area contributed by atoms with Gasteiger partial charge in [0.2, 0.25) is 0 Å². The molecule has 3 rings (SSSR count). The third-order valence-corrected chi connectivity index (χ3v) is 3.99. The SMILES string of the molecule is Cc1cc(Cl)c(-n2cnc3cc(C(=O)O)ccc32)cc1Cl. The first-order valence-corrected chi connectivity index (χ1v) is 6.89. The molecule has 0 fully saturated rings. The Kier molecular flexibility index (Phi) is 3.35. The number of aromatic nitrogens is 2. The van der Waals surface area contributed by atoms with Crippen molar-refractivity contribution in [2.75, 3.05) is 0 Å². The molecule has 0 amide bonds. The summed E-state index contributed by atoms with van der Waals surface area (Å²) in [6.07, 6.45) is 1.60. The predicted octanol–water partition coefficient (Wildman–Crippen LogP) is 4.34. The number of carboxylic acids is 1. The standard InChI is InChI=1S/C15H10Cl2N2O2/c1-8-4-11(17)14(6-10(8)16)19-7-18-12-5-9(15(20)21)2-3-13(12)19/h2-7H,1H3,(H,20,21). The molecule has 3 aromatic rings. The molecule has 1 aromatic heterocycles. The van der Waals surface area contributed by atoms with Crippen LogP contribution in [0.1, 0.15) is 15.9 Å². The van der Waals surface area contributed by atoms with Gasteiger partial charge >= 0.3 is 5.97 Å². The number of fused-ring (bicyclic) bond motifs is 1. The van der Waals surface area contributed by atoms with Gasteiger partial charge in [-0.05, 0) is 42.8 Å². The van der Waals surface area contributed by atoms with E-state index in [2.05, 4.69) is 4.98 Å². The van der Waals surface area contributed by atoms with E-state index < -0.39 is 5.97 Å². The van der Waals surface area contributed by atoms with Crippen molar-refractivity contribution in [1.82, 2.24) is 9.55 Å². The monoisotopic (exact) mass is 320 g/mol. The van der Waals surface area contributed by atoms with E-state index in [4.69, 9.17) is 28.3 Å². The third kappa shape index (κ3) is 2.37. The van der Waals surface area contributed by atoms with Crippen molar-refractivity contribution in [3.05, 3.63) is 57.8 Å². The van der Waals surface area contributed by atoms with Gasteiger partial charge in [0, 0.05) is 5.02 Å². The first kappa shape index (κ1) is 13.9. The summed E-state index contributed by atoms with van der Waals surface area (Å²) in [5.41, 5.74) is 3.14. The van der Waals surface area contributed by atoms with Crippen molar-refractivity contribution in [1.29, 1.82) is 0 Å². The summed E-state index contributed by atoms with van der Waals surface area (Å²) in [7, 11) is 0. The molecular formula is C15H10Cl2N2O2. The van der Waals surface area contributed by atoms with E-state index in [1.807, 2.05) is 6.92 Å². The highest BCUT2D eigenvalue weighted by molar-refractivity contribution is 6.35. The first-order chi connectivity index (χ1) is 9.97. The molecule has 0 radical (unpaired) electrons. The predicted molar refractivity (Wildman–Crippen MR) is 82.8 cm³/mol. The van der Waals surface area contributed by atoms with Gasteiger partial charge in [-0.2, -0.15) is 0 Å². The second-order valence-electron chi connectivity index (χ2n) is 4.68. The van der Waals surface area contributed by atoms with Crippen LogP contribution in [-0.2, 0) is 0 Å². The van der Waals surface area contributed by atoms with Crippen LogP contribution in [0.2, 0.25) is 10.0 Å². The lowest BCUT2D eigenvalue weighted by Gasteiger charge is -2.09. The summed E-state index contributed by atoms with van der Waals surface area (Å²) in [6, 6.07) is 8.32. The van der Waals surface area contributed by atoms with Gasteiger partial charge in [-0.3, -0.25) is 4.57 Å². The number of benzene rings is 2. The third-order valence-electron chi connectivity index (χ3n) is 3.28. The summed E-state index contributed by atoms with van der Waals surface area (Å²) < 4.78 is 1.79. The molecule has 4 nitrogen and oxygen atoms in total. The molecule has 1 N–H and O–H groups in total. The smallest absolute Gasteiger partial charge is 0.335 e. The van der Waals surface area contributed by atoms with Crippen LogP contribution in [0.25, 0.3) is 16.7 Å². The first-order valence-electron chi connectivity index (χ1n) is 6.14. The highest BCUT2D eigenvalue weighted by Crippen LogP contribution is 2.30. The van der Waals surface area contributed by atoms with Gasteiger partial charge in [-0.15, -0.1) is 0 Å². The zero-order valence-electron chi connectivity index (χ0n) is 11.0. The molecule has 21 heavy (non-hydrogen) atoms. The van der Waals surface area contributed by atoms with Crippen LogP contribution in [0, 0.1) is 6.92 Å². The van der Waals surface area contributed by atoms with Crippen molar-refractivity contribution >= 4 is 40.2 Å². The minimum absolute atomic E-state index is 0.195. The lowest BCUT2D eigenvalue weighted by Crippen LogP contribution is -1.97. The van der Waals surface area contributed by atoms with E-state index in [0.717, 1.165) is 11.1 Å². The number of aryl methyl sites for hydroxylation is 1. The van der Waals surface area contributed by atoms with Crippen LogP contribution in [0.3, 0.4) is 0 Å². The number of carboxylic acid groups (broad SMARTS) is 1. The van der Waals surface area contributed by atoms with Crippen LogP contribution in [0.4, 0.5) is 0 Å². The molecule has 2 aromatic carbocycles. The highest BCUT2D eigenvalue weighted by atomic mass is 35.5. The van der Waals surface area contributed by atoms with Crippen molar-refractivity contribution in [2.24, 2.45) is 0 Å². The normalized spacial score (nSPS) is 11.0. The molecule has 0 spiro atoms. The summed E-state index contributed by atoms with van der Waals surface area (Å²) >= 11 is 12.4. The lowest BCUT2D eigenvalue weighted by atomic mass is 10.2. The Morgan fingerprint density at radius 1 is 1.19 bits per heavy atom. The average molecular weight is 321 g/mol. The van der Waals surface area contributed by atoms with Crippen molar-refractivity contribution in [3.8, 4) is 5.69 Å². The van der Waals surface area contributed by atoms with E-state index in [1.54, 1.807) is 29.1 Å². The summed E-state index contributed by atoms with van der Waals surface area (Å²) in [5.74, 6) is -0.983. The number of carbonyl (C=O) groups is 1. The molecule has 0 saturated heterocycles. The van der Waals surface area contributed by atoms with Gasteiger partial charge < -0.3 is 5.11 Å². The fourth-order valence-corrected chi connectivity index (χ4v) is 2.63.